The van der Waals surface area contributed by atoms with E-state index in [4.69, 9.17) is 0 Å². The van der Waals surface area contributed by atoms with Crippen LogP contribution in [0.2, 0.25) is 0 Å². The van der Waals surface area contributed by atoms with Crippen LogP contribution in [0, 0.1) is 6.92 Å². The number of rotatable bonds is 4. The largest absolute Gasteiger partial charge is 0.309 e. The molecule has 0 spiro atoms. The van der Waals surface area contributed by atoms with Gasteiger partial charge in [0.25, 0.3) is 0 Å². The third-order valence-electron chi connectivity index (χ3n) is 3.38. The zero-order valence-corrected chi connectivity index (χ0v) is 13.3. The van der Waals surface area contributed by atoms with Crippen molar-refractivity contribution in [3.8, 4) is 0 Å². The third-order valence-corrected chi connectivity index (χ3v) is 3.84. The number of aryl methyl sites for hydroxylation is 2. The monoisotopic (exact) mass is 317 g/mol. The van der Waals surface area contributed by atoms with Gasteiger partial charge in [-0.15, -0.1) is 0 Å². The van der Waals surface area contributed by atoms with Crippen molar-refractivity contribution in [2.24, 2.45) is 0 Å². The number of benzene rings is 2. The molecule has 2 aromatic rings. The summed E-state index contributed by atoms with van der Waals surface area (Å²) >= 11 is 3.58. The Bertz CT molecular complexity index is 543. The summed E-state index contributed by atoms with van der Waals surface area (Å²) in [5.41, 5.74) is 5.27. The fourth-order valence-electron chi connectivity index (χ4n) is 2.45. The second-order valence-electron chi connectivity index (χ2n) is 4.88. The van der Waals surface area contributed by atoms with Gasteiger partial charge in [-0.3, -0.25) is 0 Å². The van der Waals surface area contributed by atoms with Crippen molar-refractivity contribution in [2.75, 3.05) is 7.05 Å². The maximum absolute atomic E-state index is 3.58. The molecule has 1 N–H and O–H groups in total. The molecule has 0 heterocycles. The highest BCUT2D eigenvalue weighted by Gasteiger charge is 2.13. The first kappa shape index (κ1) is 14.3. The summed E-state index contributed by atoms with van der Waals surface area (Å²) in [5.74, 6) is 0. The molecule has 0 saturated heterocycles. The Morgan fingerprint density at radius 2 is 1.89 bits per heavy atom. The van der Waals surface area contributed by atoms with Gasteiger partial charge in [-0.2, -0.15) is 0 Å². The van der Waals surface area contributed by atoms with Gasteiger partial charge < -0.3 is 5.32 Å². The van der Waals surface area contributed by atoms with Gasteiger partial charge in [0, 0.05) is 4.47 Å². The van der Waals surface area contributed by atoms with Gasteiger partial charge in [0.15, 0.2) is 0 Å². The zero-order valence-electron chi connectivity index (χ0n) is 11.7. The van der Waals surface area contributed by atoms with E-state index in [9.17, 15) is 0 Å². The highest BCUT2D eigenvalue weighted by atomic mass is 79.9. The molecule has 0 aromatic heterocycles. The normalized spacial score (nSPS) is 12.4. The molecule has 1 nitrogen and oxygen atoms in total. The van der Waals surface area contributed by atoms with Crippen LogP contribution in [0.1, 0.15) is 35.2 Å². The number of hydrogen-bond acceptors (Lipinski definition) is 1. The smallest absolute Gasteiger partial charge is 0.0574 e. The summed E-state index contributed by atoms with van der Waals surface area (Å²) in [6.45, 7) is 4.32. The van der Waals surface area contributed by atoms with Crippen LogP contribution in [0.4, 0.5) is 0 Å². The molecule has 0 bridgehead atoms. The van der Waals surface area contributed by atoms with E-state index >= 15 is 0 Å². The maximum atomic E-state index is 3.58. The lowest BCUT2D eigenvalue weighted by Crippen LogP contribution is -2.18. The van der Waals surface area contributed by atoms with E-state index in [1.807, 2.05) is 7.05 Å². The molecular formula is C17H20BrN. The Kier molecular flexibility index (Phi) is 4.78. The van der Waals surface area contributed by atoms with E-state index in [2.05, 4.69) is 77.6 Å². The lowest BCUT2D eigenvalue weighted by molar-refractivity contribution is 0.690. The molecule has 2 aromatic carbocycles. The standard InChI is InChI=1S/C17H20BrN/c1-4-13-6-5-7-14(10-13)17(19-3)15-8-12(2)9-16(18)11-15/h5-11,17,19H,4H2,1-3H3. The van der Waals surface area contributed by atoms with Crippen LogP contribution >= 0.6 is 15.9 Å². The zero-order chi connectivity index (χ0) is 13.8. The molecule has 0 aliphatic carbocycles. The van der Waals surface area contributed by atoms with Gasteiger partial charge in [0.2, 0.25) is 0 Å². The van der Waals surface area contributed by atoms with Crippen LogP contribution in [0.15, 0.2) is 46.9 Å². The Balaban J connectivity index is 2.43. The summed E-state index contributed by atoms with van der Waals surface area (Å²) in [5, 5.41) is 3.42. The molecule has 100 valence electrons. The lowest BCUT2D eigenvalue weighted by atomic mass is 9.96. The molecule has 0 fully saturated rings. The van der Waals surface area contributed by atoms with E-state index in [0.717, 1.165) is 10.9 Å². The fourth-order valence-corrected chi connectivity index (χ4v) is 3.08. The third kappa shape index (κ3) is 3.46. The lowest BCUT2D eigenvalue weighted by Gasteiger charge is -2.19. The molecule has 0 radical (unpaired) electrons. The molecule has 2 heteroatoms. The van der Waals surface area contributed by atoms with Crippen LogP contribution in [0.3, 0.4) is 0 Å². The average Bonchev–Trinajstić information content (AvgIpc) is 2.39. The summed E-state index contributed by atoms with van der Waals surface area (Å²) in [6, 6.07) is 15.6. The fraction of sp³-hybridized carbons (Fsp3) is 0.294. The van der Waals surface area contributed by atoms with Gasteiger partial charge in [-0.25, -0.2) is 0 Å². The number of halogens is 1. The van der Waals surface area contributed by atoms with E-state index in [-0.39, 0.29) is 6.04 Å². The molecular weight excluding hydrogens is 298 g/mol. The van der Waals surface area contributed by atoms with E-state index in [1.54, 1.807) is 0 Å². The molecule has 2 rings (SSSR count). The molecule has 0 aliphatic heterocycles. The number of nitrogens with one attached hydrogen (secondary N) is 1. The topological polar surface area (TPSA) is 12.0 Å². The van der Waals surface area contributed by atoms with Crippen molar-refractivity contribution in [3.05, 3.63) is 69.2 Å². The van der Waals surface area contributed by atoms with E-state index < -0.39 is 0 Å². The van der Waals surface area contributed by atoms with Crippen molar-refractivity contribution in [1.82, 2.24) is 5.32 Å². The molecule has 0 amide bonds. The Hall–Kier alpha value is -1.12. The quantitative estimate of drug-likeness (QED) is 0.867. The predicted molar refractivity (Wildman–Crippen MR) is 85.6 cm³/mol. The average molecular weight is 318 g/mol. The molecule has 0 aliphatic rings. The highest BCUT2D eigenvalue weighted by Crippen LogP contribution is 2.26. The summed E-state index contributed by atoms with van der Waals surface area (Å²) in [4.78, 5) is 0. The summed E-state index contributed by atoms with van der Waals surface area (Å²) in [7, 11) is 2.01. The second-order valence-corrected chi connectivity index (χ2v) is 5.80. The van der Waals surface area contributed by atoms with Crippen LogP contribution in [0.5, 0.6) is 0 Å². The van der Waals surface area contributed by atoms with Crippen molar-refractivity contribution in [3.63, 3.8) is 0 Å². The van der Waals surface area contributed by atoms with Gasteiger partial charge >= 0.3 is 0 Å². The van der Waals surface area contributed by atoms with Crippen molar-refractivity contribution >= 4 is 15.9 Å². The van der Waals surface area contributed by atoms with Gasteiger partial charge in [-0.05, 0) is 54.8 Å². The predicted octanol–water partition coefficient (Wildman–Crippen LogP) is 4.63. The first-order valence-electron chi connectivity index (χ1n) is 6.67. The van der Waals surface area contributed by atoms with Crippen molar-refractivity contribution < 1.29 is 0 Å². The SMILES string of the molecule is CCc1cccc(C(NC)c2cc(C)cc(Br)c2)c1. The van der Waals surface area contributed by atoms with Gasteiger partial charge in [0.05, 0.1) is 6.04 Å². The molecule has 1 atom stereocenters. The van der Waals surface area contributed by atoms with Crippen LogP contribution in [-0.4, -0.2) is 7.05 Å². The summed E-state index contributed by atoms with van der Waals surface area (Å²) in [6.07, 6.45) is 1.07. The Labute approximate surface area is 124 Å². The van der Waals surface area contributed by atoms with Gasteiger partial charge in [0.1, 0.15) is 0 Å². The van der Waals surface area contributed by atoms with Gasteiger partial charge in [-0.1, -0.05) is 53.2 Å². The van der Waals surface area contributed by atoms with Crippen molar-refractivity contribution in [1.29, 1.82) is 0 Å². The van der Waals surface area contributed by atoms with E-state index in [0.29, 0.717) is 0 Å². The van der Waals surface area contributed by atoms with Crippen LogP contribution < -0.4 is 5.32 Å². The minimum atomic E-state index is 0.239. The Morgan fingerprint density at radius 3 is 2.53 bits per heavy atom. The second kappa shape index (κ2) is 6.36. The minimum Gasteiger partial charge on any atom is -0.309 e. The van der Waals surface area contributed by atoms with E-state index in [1.165, 1.54) is 22.3 Å². The Morgan fingerprint density at radius 1 is 1.11 bits per heavy atom. The summed E-state index contributed by atoms with van der Waals surface area (Å²) < 4.78 is 1.13. The van der Waals surface area contributed by atoms with Crippen molar-refractivity contribution in [2.45, 2.75) is 26.3 Å². The van der Waals surface area contributed by atoms with Crippen LogP contribution in [-0.2, 0) is 6.42 Å². The maximum Gasteiger partial charge on any atom is 0.0574 e. The van der Waals surface area contributed by atoms with Crippen LogP contribution in [0.25, 0.3) is 0 Å². The first-order chi connectivity index (χ1) is 9.13. The highest BCUT2D eigenvalue weighted by molar-refractivity contribution is 9.10. The number of hydrogen-bond donors (Lipinski definition) is 1. The molecule has 1 unspecified atom stereocenters. The first-order valence-corrected chi connectivity index (χ1v) is 7.46. The minimum absolute atomic E-state index is 0.239. The molecule has 19 heavy (non-hydrogen) atoms. The molecule has 0 saturated carbocycles.